The minimum Gasteiger partial charge on any atom is -0.348 e. The summed E-state index contributed by atoms with van der Waals surface area (Å²) in [6.45, 7) is 3.38. The fourth-order valence-electron chi connectivity index (χ4n) is 3.52. The number of piperidine rings is 3. The maximum absolute atomic E-state index is 12.5. The van der Waals surface area contributed by atoms with E-state index in [2.05, 4.69) is 10.2 Å². The number of amides is 1. The van der Waals surface area contributed by atoms with E-state index in [9.17, 15) is 4.79 Å². The number of nitrogens with zero attached hydrogens (tertiary/aromatic N) is 1. The van der Waals surface area contributed by atoms with E-state index >= 15 is 0 Å². The van der Waals surface area contributed by atoms with Crippen molar-refractivity contribution in [3.05, 3.63) is 46.3 Å². The third kappa shape index (κ3) is 3.64. The van der Waals surface area contributed by atoms with Crippen molar-refractivity contribution in [2.75, 3.05) is 19.6 Å². The predicted octanol–water partition coefficient (Wildman–Crippen LogP) is 4.38. The lowest BCUT2D eigenvalue weighted by Crippen LogP contribution is -2.57. The van der Waals surface area contributed by atoms with Gasteiger partial charge in [-0.1, -0.05) is 23.4 Å². The number of halogens is 1. The van der Waals surface area contributed by atoms with Gasteiger partial charge in [0, 0.05) is 28.4 Å². The summed E-state index contributed by atoms with van der Waals surface area (Å²) in [4.78, 5) is 16.1. The Kier molecular flexibility index (Phi) is 4.86. The molecule has 126 valence electrons. The standard InChI is InChI=1S/C18H19ClN2OS2/c19-14-9-17(23-11-14)24-15-3-1-13(2-4-15)18(22)20-16-10-21-7-5-12(16)6-8-21/h1-4,9,11-12,16H,5-8,10H2,(H,20,22)/t16-/m0/s1. The molecule has 24 heavy (non-hydrogen) atoms. The quantitative estimate of drug-likeness (QED) is 0.857. The van der Waals surface area contributed by atoms with E-state index in [1.807, 2.05) is 35.7 Å². The average Bonchev–Trinajstić information content (AvgIpc) is 3.01. The van der Waals surface area contributed by atoms with Crippen LogP contribution in [0.1, 0.15) is 23.2 Å². The summed E-state index contributed by atoms with van der Waals surface area (Å²) < 4.78 is 1.16. The van der Waals surface area contributed by atoms with Crippen molar-refractivity contribution < 1.29 is 4.79 Å². The lowest BCUT2D eigenvalue weighted by molar-refractivity contribution is 0.0620. The minimum atomic E-state index is 0.0458. The van der Waals surface area contributed by atoms with E-state index in [0.717, 1.165) is 26.2 Å². The second kappa shape index (κ2) is 7.08. The van der Waals surface area contributed by atoms with Crippen LogP contribution in [0, 0.1) is 5.92 Å². The third-order valence-corrected chi connectivity index (χ3v) is 7.29. The number of hydrogen-bond acceptors (Lipinski definition) is 4. The monoisotopic (exact) mass is 378 g/mol. The molecule has 3 saturated heterocycles. The Hall–Kier alpha value is -1.01. The number of fused-ring (bicyclic) bond motifs is 3. The number of hydrogen-bond donors (Lipinski definition) is 1. The molecule has 1 amide bonds. The molecule has 1 aromatic heterocycles. The molecule has 3 nitrogen and oxygen atoms in total. The molecule has 0 spiro atoms. The maximum Gasteiger partial charge on any atom is 0.251 e. The van der Waals surface area contributed by atoms with Gasteiger partial charge < -0.3 is 10.2 Å². The lowest BCUT2D eigenvalue weighted by atomic mass is 9.84. The van der Waals surface area contributed by atoms with Crippen molar-refractivity contribution in [3.8, 4) is 0 Å². The fraction of sp³-hybridized carbons (Fsp3) is 0.389. The number of carbonyl (C=O) groups excluding carboxylic acids is 1. The van der Waals surface area contributed by atoms with Crippen LogP contribution in [-0.4, -0.2) is 36.5 Å². The molecule has 0 saturated carbocycles. The first-order valence-electron chi connectivity index (χ1n) is 8.22. The van der Waals surface area contributed by atoms with Crippen LogP contribution in [0.2, 0.25) is 5.02 Å². The highest BCUT2D eigenvalue weighted by Gasteiger charge is 2.34. The average molecular weight is 379 g/mol. The number of rotatable bonds is 4. The summed E-state index contributed by atoms with van der Waals surface area (Å²) in [6.07, 6.45) is 2.42. The normalized spacial score (nSPS) is 25.6. The first-order chi connectivity index (χ1) is 11.7. The molecule has 3 aliphatic heterocycles. The molecule has 4 heterocycles. The van der Waals surface area contributed by atoms with Gasteiger partial charge in [0.25, 0.3) is 5.91 Å². The molecule has 6 heteroatoms. The molecule has 2 bridgehead atoms. The molecule has 1 atom stereocenters. The van der Waals surface area contributed by atoms with E-state index in [1.54, 1.807) is 23.1 Å². The topological polar surface area (TPSA) is 32.3 Å². The zero-order chi connectivity index (χ0) is 16.5. The van der Waals surface area contributed by atoms with E-state index in [0.29, 0.717) is 12.0 Å². The van der Waals surface area contributed by atoms with Crippen LogP contribution in [0.25, 0.3) is 0 Å². The van der Waals surface area contributed by atoms with Crippen LogP contribution in [0.5, 0.6) is 0 Å². The number of carbonyl (C=O) groups is 1. The Morgan fingerprint density at radius 3 is 2.58 bits per heavy atom. The van der Waals surface area contributed by atoms with Crippen LogP contribution in [-0.2, 0) is 0 Å². The Morgan fingerprint density at radius 2 is 2.00 bits per heavy atom. The van der Waals surface area contributed by atoms with Gasteiger partial charge in [0.05, 0.1) is 9.23 Å². The van der Waals surface area contributed by atoms with E-state index in [1.165, 1.54) is 25.9 Å². The molecule has 0 aliphatic carbocycles. The van der Waals surface area contributed by atoms with Crippen molar-refractivity contribution in [1.82, 2.24) is 10.2 Å². The van der Waals surface area contributed by atoms with Gasteiger partial charge in [-0.2, -0.15) is 0 Å². The van der Waals surface area contributed by atoms with Crippen LogP contribution < -0.4 is 5.32 Å². The van der Waals surface area contributed by atoms with Crippen LogP contribution in [0.3, 0.4) is 0 Å². The van der Waals surface area contributed by atoms with Gasteiger partial charge in [-0.25, -0.2) is 0 Å². The molecular weight excluding hydrogens is 360 g/mol. The highest BCUT2D eigenvalue weighted by Crippen LogP contribution is 2.34. The molecule has 0 unspecified atom stereocenters. The molecule has 0 radical (unpaired) electrons. The smallest absolute Gasteiger partial charge is 0.251 e. The van der Waals surface area contributed by atoms with E-state index < -0.39 is 0 Å². The summed E-state index contributed by atoms with van der Waals surface area (Å²) in [7, 11) is 0. The second-order valence-corrected chi connectivity index (χ2v) is 9.15. The fourth-order valence-corrected chi connectivity index (χ4v) is 5.70. The van der Waals surface area contributed by atoms with Crippen molar-refractivity contribution in [3.63, 3.8) is 0 Å². The Balaban J connectivity index is 1.38. The van der Waals surface area contributed by atoms with Crippen molar-refractivity contribution in [2.45, 2.75) is 28.0 Å². The molecule has 2 aromatic rings. The van der Waals surface area contributed by atoms with Gasteiger partial charge in [-0.15, -0.1) is 11.3 Å². The molecule has 5 rings (SSSR count). The number of thiophene rings is 1. The first-order valence-corrected chi connectivity index (χ1v) is 10.3. The first kappa shape index (κ1) is 16.5. The lowest BCUT2D eigenvalue weighted by Gasteiger charge is -2.44. The summed E-state index contributed by atoms with van der Waals surface area (Å²) in [5.41, 5.74) is 0.736. The largest absolute Gasteiger partial charge is 0.348 e. The van der Waals surface area contributed by atoms with Gasteiger partial charge in [-0.05, 0) is 62.2 Å². The molecule has 3 fully saturated rings. The van der Waals surface area contributed by atoms with Gasteiger partial charge in [0.15, 0.2) is 0 Å². The van der Waals surface area contributed by atoms with Gasteiger partial charge >= 0.3 is 0 Å². The SMILES string of the molecule is O=C(N[C@H]1CN2CCC1CC2)c1ccc(Sc2cc(Cl)cs2)cc1. The Morgan fingerprint density at radius 1 is 1.25 bits per heavy atom. The zero-order valence-electron chi connectivity index (χ0n) is 13.2. The minimum absolute atomic E-state index is 0.0458. The van der Waals surface area contributed by atoms with Crippen LogP contribution >= 0.6 is 34.7 Å². The van der Waals surface area contributed by atoms with Gasteiger partial charge in [0.1, 0.15) is 0 Å². The summed E-state index contributed by atoms with van der Waals surface area (Å²) in [5.74, 6) is 0.696. The zero-order valence-corrected chi connectivity index (χ0v) is 15.6. The Labute approximate surface area is 155 Å². The van der Waals surface area contributed by atoms with Crippen molar-refractivity contribution in [1.29, 1.82) is 0 Å². The van der Waals surface area contributed by atoms with Crippen LogP contribution in [0.4, 0.5) is 0 Å². The molecule has 1 N–H and O–H groups in total. The molecule has 3 aliphatic rings. The predicted molar refractivity (Wildman–Crippen MR) is 100 cm³/mol. The highest BCUT2D eigenvalue weighted by atomic mass is 35.5. The van der Waals surface area contributed by atoms with Crippen molar-refractivity contribution >= 4 is 40.6 Å². The second-order valence-electron chi connectivity index (χ2n) is 6.43. The van der Waals surface area contributed by atoms with Crippen LogP contribution in [0.15, 0.2) is 44.8 Å². The summed E-state index contributed by atoms with van der Waals surface area (Å²) >= 11 is 9.26. The summed E-state index contributed by atoms with van der Waals surface area (Å²) in [6, 6.07) is 10.1. The molecular formula is C18H19ClN2OS2. The van der Waals surface area contributed by atoms with Gasteiger partial charge in [0.2, 0.25) is 0 Å². The number of benzene rings is 1. The highest BCUT2D eigenvalue weighted by molar-refractivity contribution is 8.01. The molecule has 1 aromatic carbocycles. The van der Waals surface area contributed by atoms with Crippen molar-refractivity contribution in [2.24, 2.45) is 5.92 Å². The van der Waals surface area contributed by atoms with E-state index in [-0.39, 0.29) is 5.91 Å². The van der Waals surface area contributed by atoms with Gasteiger partial charge in [-0.3, -0.25) is 4.79 Å². The summed E-state index contributed by atoms with van der Waals surface area (Å²) in [5, 5.41) is 5.94. The van der Waals surface area contributed by atoms with E-state index in [4.69, 9.17) is 11.6 Å². The number of nitrogens with one attached hydrogen (secondary N) is 1. The Bertz CT molecular complexity index is 723. The maximum atomic E-state index is 12.5. The third-order valence-electron chi connectivity index (χ3n) is 4.85.